The van der Waals surface area contributed by atoms with Crippen molar-refractivity contribution in [2.24, 2.45) is 5.92 Å². The quantitative estimate of drug-likeness (QED) is 0.684. The minimum Gasteiger partial charge on any atom is -0.466 e. The molecule has 0 amide bonds. The van der Waals surface area contributed by atoms with Crippen LogP contribution in [0.25, 0.3) is 0 Å². The second-order valence-corrected chi connectivity index (χ2v) is 6.15. The van der Waals surface area contributed by atoms with Crippen molar-refractivity contribution in [1.82, 2.24) is 4.90 Å². The van der Waals surface area contributed by atoms with E-state index in [1.807, 2.05) is 13.0 Å². The number of benzene rings is 1. The van der Waals surface area contributed by atoms with E-state index in [-0.39, 0.29) is 11.9 Å². The maximum absolute atomic E-state index is 11.9. The highest BCUT2D eigenvalue weighted by atomic mass is 32.1. The fourth-order valence-electron chi connectivity index (χ4n) is 2.64. The van der Waals surface area contributed by atoms with Crippen molar-refractivity contribution < 1.29 is 9.53 Å². The number of thiocarbonyl (C=S) groups is 1. The summed E-state index contributed by atoms with van der Waals surface area (Å²) in [6.07, 6.45) is 1.83. The Morgan fingerprint density at radius 3 is 2.86 bits per heavy atom. The van der Waals surface area contributed by atoms with Gasteiger partial charge in [0.25, 0.3) is 0 Å². The Labute approximate surface area is 137 Å². The first kappa shape index (κ1) is 16.7. The molecule has 120 valence electrons. The summed E-state index contributed by atoms with van der Waals surface area (Å²) in [5, 5.41) is 3.95. The van der Waals surface area contributed by atoms with Gasteiger partial charge in [0.2, 0.25) is 0 Å². The number of hydrogen-bond donors (Lipinski definition) is 1. The van der Waals surface area contributed by atoms with E-state index in [1.165, 1.54) is 11.1 Å². The maximum Gasteiger partial charge on any atom is 0.310 e. The molecule has 1 aromatic rings. The van der Waals surface area contributed by atoms with Gasteiger partial charge in [-0.05, 0) is 69.1 Å². The van der Waals surface area contributed by atoms with E-state index >= 15 is 0 Å². The van der Waals surface area contributed by atoms with Crippen molar-refractivity contribution in [2.75, 3.05) is 25.0 Å². The van der Waals surface area contributed by atoms with Gasteiger partial charge in [-0.25, -0.2) is 0 Å². The van der Waals surface area contributed by atoms with Gasteiger partial charge in [-0.15, -0.1) is 0 Å². The Morgan fingerprint density at radius 1 is 1.41 bits per heavy atom. The number of rotatable bonds is 3. The molecule has 1 saturated heterocycles. The van der Waals surface area contributed by atoms with Crippen LogP contribution in [0.1, 0.15) is 30.9 Å². The van der Waals surface area contributed by atoms with Crippen molar-refractivity contribution in [3.8, 4) is 0 Å². The Morgan fingerprint density at radius 2 is 2.18 bits per heavy atom. The second-order valence-electron chi connectivity index (χ2n) is 5.77. The monoisotopic (exact) mass is 320 g/mol. The summed E-state index contributed by atoms with van der Waals surface area (Å²) in [7, 11) is 0. The highest BCUT2D eigenvalue weighted by molar-refractivity contribution is 7.80. The molecule has 1 atom stereocenters. The molecule has 1 aliphatic rings. The Kier molecular flexibility index (Phi) is 5.77. The van der Waals surface area contributed by atoms with Crippen LogP contribution in [0, 0.1) is 19.8 Å². The van der Waals surface area contributed by atoms with Crippen LogP contribution in [0.15, 0.2) is 18.2 Å². The van der Waals surface area contributed by atoms with Crippen molar-refractivity contribution in [3.63, 3.8) is 0 Å². The maximum atomic E-state index is 11.9. The number of carbonyl (C=O) groups excluding carboxylic acids is 1. The minimum absolute atomic E-state index is 0.0757. The predicted octanol–water partition coefficient (Wildman–Crippen LogP) is 3.28. The average molecular weight is 320 g/mol. The lowest BCUT2D eigenvalue weighted by Crippen LogP contribution is -2.44. The number of anilines is 1. The summed E-state index contributed by atoms with van der Waals surface area (Å²) in [5.41, 5.74) is 3.49. The van der Waals surface area contributed by atoms with Crippen LogP contribution in [0.4, 0.5) is 5.69 Å². The van der Waals surface area contributed by atoms with Gasteiger partial charge in [0.05, 0.1) is 12.5 Å². The zero-order valence-corrected chi connectivity index (χ0v) is 14.3. The number of nitrogens with one attached hydrogen (secondary N) is 1. The Bertz CT molecular complexity index is 560. The highest BCUT2D eigenvalue weighted by Gasteiger charge is 2.28. The zero-order chi connectivity index (χ0) is 16.1. The first-order valence-electron chi connectivity index (χ1n) is 7.81. The summed E-state index contributed by atoms with van der Waals surface area (Å²) in [5.74, 6) is -0.186. The molecule has 0 radical (unpaired) electrons. The van der Waals surface area contributed by atoms with Gasteiger partial charge in [-0.2, -0.15) is 0 Å². The third kappa shape index (κ3) is 4.19. The molecule has 0 bridgehead atoms. The number of likely N-dealkylation sites (tertiary alicyclic amines) is 1. The summed E-state index contributed by atoms with van der Waals surface area (Å²) in [6.45, 7) is 7.96. The van der Waals surface area contributed by atoms with Crippen LogP contribution in [-0.2, 0) is 9.53 Å². The molecule has 0 aromatic heterocycles. The summed E-state index contributed by atoms with van der Waals surface area (Å²) < 4.78 is 5.13. The van der Waals surface area contributed by atoms with Crippen LogP contribution < -0.4 is 5.32 Å². The zero-order valence-electron chi connectivity index (χ0n) is 13.5. The van der Waals surface area contributed by atoms with Gasteiger partial charge in [0.15, 0.2) is 5.11 Å². The molecule has 0 spiro atoms. The molecule has 1 heterocycles. The van der Waals surface area contributed by atoms with Gasteiger partial charge in [-0.1, -0.05) is 6.07 Å². The van der Waals surface area contributed by atoms with E-state index in [0.717, 1.165) is 25.1 Å². The number of ether oxygens (including phenoxy) is 1. The van der Waals surface area contributed by atoms with Crippen molar-refractivity contribution in [1.29, 1.82) is 0 Å². The lowest BCUT2D eigenvalue weighted by Gasteiger charge is -2.33. The normalized spacial score (nSPS) is 18.0. The van der Waals surface area contributed by atoms with Crippen molar-refractivity contribution in [3.05, 3.63) is 29.3 Å². The molecule has 22 heavy (non-hydrogen) atoms. The smallest absolute Gasteiger partial charge is 0.310 e. The number of nitrogens with zero attached hydrogens (tertiary/aromatic N) is 1. The van der Waals surface area contributed by atoms with Crippen LogP contribution in [-0.4, -0.2) is 35.7 Å². The van der Waals surface area contributed by atoms with E-state index in [0.29, 0.717) is 18.3 Å². The topological polar surface area (TPSA) is 41.6 Å². The van der Waals surface area contributed by atoms with Crippen LogP contribution >= 0.6 is 12.2 Å². The molecule has 4 nitrogen and oxygen atoms in total. The van der Waals surface area contributed by atoms with Gasteiger partial charge >= 0.3 is 5.97 Å². The SMILES string of the molecule is CCOC(=O)[C@H]1CCCN(C(=S)Nc2ccc(C)c(C)c2)C1. The molecular weight excluding hydrogens is 296 g/mol. The summed E-state index contributed by atoms with van der Waals surface area (Å²) >= 11 is 5.50. The lowest BCUT2D eigenvalue weighted by atomic mass is 9.98. The van der Waals surface area contributed by atoms with Crippen LogP contribution in [0.5, 0.6) is 0 Å². The van der Waals surface area contributed by atoms with Crippen molar-refractivity contribution in [2.45, 2.75) is 33.6 Å². The second kappa shape index (κ2) is 7.58. The molecule has 0 saturated carbocycles. The largest absolute Gasteiger partial charge is 0.466 e. The number of hydrogen-bond acceptors (Lipinski definition) is 3. The molecular formula is C17H24N2O2S. The summed E-state index contributed by atoms with van der Waals surface area (Å²) in [4.78, 5) is 14.0. The molecule has 1 N–H and O–H groups in total. The predicted molar refractivity (Wildman–Crippen MR) is 93.1 cm³/mol. The first-order chi connectivity index (χ1) is 10.5. The number of aryl methyl sites for hydroxylation is 2. The standard InChI is InChI=1S/C17H24N2O2S/c1-4-21-16(20)14-6-5-9-19(11-14)17(22)18-15-8-7-12(2)13(3)10-15/h7-8,10,14H,4-6,9,11H2,1-3H3,(H,18,22)/t14-/m0/s1. The van der Waals surface area contributed by atoms with Crippen molar-refractivity contribution >= 4 is 29.0 Å². The van der Waals surface area contributed by atoms with E-state index in [2.05, 4.69) is 36.2 Å². The molecule has 1 aromatic carbocycles. The van der Waals surface area contributed by atoms with E-state index in [9.17, 15) is 4.79 Å². The van der Waals surface area contributed by atoms with E-state index in [1.54, 1.807) is 0 Å². The Hall–Kier alpha value is -1.62. The lowest BCUT2D eigenvalue weighted by molar-refractivity contribution is -0.149. The van der Waals surface area contributed by atoms with Gasteiger partial charge in [-0.3, -0.25) is 4.79 Å². The Balaban J connectivity index is 1.96. The highest BCUT2D eigenvalue weighted by Crippen LogP contribution is 2.20. The number of esters is 1. The molecule has 0 unspecified atom stereocenters. The summed E-state index contributed by atoms with van der Waals surface area (Å²) in [6, 6.07) is 6.20. The fraction of sp³-hybridized carbons (Fsp3) is 0.529. The third-order valence-corrected chi connectivity index (χ3v) is 4.45. The van der Waals surface area contributed by atoms with Crippen LogP contribution in [0.3, 0.4) is 0 Å². The molecule has 1 aliphatic heterocycles. The average Bonchev–Trinajstić information content (AvgIpc) is 2.51. The molecule has 5 heteroatoms. The van der Waals surface area contributed by atoms with E-state index < -0.39 is 0 Å². The van der Waals surface area contributed by atoms with E-state index in [4.69, 9.17) is 17.0 Å². The number of carbonyl (C=O) groups is 1. The number of piperidine rings is 1. The van der Waals surface area contributed by atoms with Gasteiger partial charge in [0.1, 0.15) is 0 Å². The third-order valence-electron chi connectivity index (χ3n) is 4.09. The minimum atomic E-state index is -0.110. The van der Waals surface area contributed by atoms with Crippen LogP contribution in [0.2, 0.25) is 0 Å². The first-order valence-corrected chi connectivity index (χ1v) is 8.22. The molecule has 2 rings (SSSR count). The molecule has 1 fully saturated rings. The van der Waals surface area contributed by atoms with Gasteiger partial charge in [0, 0.05) is 18.8 Å². The molecule has 0 aliphatic carbocycles. The fourth-order valence-corrected chi connectivity index (χ4v) is 2.92. The van der Waals surface area contributed by atoms with Gasteiger partial charge < -0.3 is 15.0 Å².